The van der Waals surface area contributed by atoms with Crippen LogP contribution in [0.4, 0.5) is 0 Å². The monoisotopic (exact) mass is 248 g/mol. The van der Waals surface area contributed by atoms with Crippen LogP contribution in [-0.4, -0.2) is 28.8 Å². The van der Waals surface area contributed by atoms with Crippen LogP contribution in [0.5, 0.6) is 0 Å². The van der Waals surface area contributed by atoms with Gasteiger partial charge in [-0.05, 0) is 39.1 Å². The molecule has 0 bridgehead atoms. The maximum Gasteiger partial charge on any atom is 0.147 e. The number of pyridine rings is 1. The largest absolute Gasteiger partial charge is 0.320 e. The molecule has 2 heterocycles. The number of aromatic nitrogens is 3. The summed E-state index contributed by atoms with van der Waals surface area (Å²) in [5.74, 6) is 0. The lowest BCUT2D eigenvalue weighted by atomic mass is 10.2. The summed E-state index contributed by atoms with van der Waals surface area (Å²) >= 11 is 1.67. The Labute approximate surface area is 105 Å². The van der Waals surface area contributed by atoms with E-state index >= 15 is 0 Å². The molecule has 0 unspecified atom stereocenters. The van der Waals surface area contributed by atoms with Crippen LogP contribution in [0.3, 0.4) is 0 Å². The highest BCUT2D eigenvalue weighted by Crippen LogP contribution is 2.23. The molecule has 1 N–H and O–H groups in total. The van der Waals surface area contributed by atoms with Gasteiger partial charge in [-0.25, -0.2) is 0 Å². The predicted octanol–water partition coefficient (Wildman–Crippen LogP) is 2.06. The van der Waals surface area contributed by atoms with Crippen LogP contribution in [0, 0.1) is 6.92 Å². The van der Waals surface area contributed by atoms with Crippen molar-refractivity contribution in [3.63, 3.8) is 0 Å². The molecule has 0 aromatic carbocycles. The van der Waals surface area contributed by atoms with Gasteiger partial charge in [-0.15, -0.1) is 10.2 Å². The molecule has 0 aliphatic rings. The molecular weight excluding hydrogens is 232 g/mol. The van der Waals surface area contributed by atoms with Crippen molar-refractivity contribution < 1.29 is 0 Å². The molecule has 4 nitrogen and oxygen atoms in total. The first-order valence-corrected chi connectivity index (χ1v) is 6.51. The van der Waals surface area contributed by atoms with Crippen molar-refractivity contribution in [3.8, 4) is 10.6 Å². The molecule has 0 aliphatic heterocycles. The summed E-state index contributed by atoms with van der Waals surface area (Å²) in [7, 11) is 1.96. The molecular formula is C12H16N4S. The second-order valence-corrected chi connectivity index (χ2v) is 4.96. The Bertz CT molecular complexity index is 481. The van der Waals surface area contributed by atoms with Crippen molar-refractivity contribution in [2.75, 3.05) is 13.6 Å². The Morgan fingerprint density at radius 1 is 1.35 bits per heavy atom. The number of hydrogen-bond donors (Lipinski definition) is 1. The van der Waals surface area contributed by atoms with E-state index in [0.29, 0.717) is 0 Å². The van der Waals surface area contributed by atoms with Crippen molar-refractivity contribution in [1.29, 1.82) is 0 Å². The zero-order valence-corrected chi connectivity index (χ0v) is 10.9. The number of nitrogens with zero attached hydrogens (tertiary/aromatic N) is 3. The molecule has 0 saturated carbocycles. The standard InChI is InChI=1S/C12H16N4S/c1-9-8-10(5-7-14-9)12-16-15-11(17-12)4-3-6-13-2/h5,7-8,13H,3-4,6H2,1-2H3. The quantitative estimate of drug-likeness (QED) is 0.823. The van der Waals surface area contributed by atoms with Gasteiger partial charge in [0.2, 0.25) is 0 Å². The second-order valence-electron chi connectivity index (χ2n) is 3.89. The van der Waals surface area contributed by atoms with Crippen molar-refractivity contribution >= 4 is 11.3 Å². The first-order chi connectivity index (χ1) is 8.29. The van der Waals surface area contributed by atoms with Crippen LogP contribution in [-0.2, 0) is 6.42 Å². The molecule has 2 aromatic heterocycles. The van der Waals surface area contributed by atoms with Gasteiger partial charge in [-0.3, -0.25) is 4.98 Å². The van der Waals surface area contributed by atoms with Gasteiger partial charge in [-0.1, -0.05) is 11.3 Å². The summed E-state index contributed by atoms with van der Waals surface area (Å²) in [5.41, 5.74) is 2.12. The van der Waals surface area contributed by atoms with E-state index in [1.54, 1.807) is 11.3 Å². The normalized spacial score (nSPS) is 10.7. The molecule has 2 rings (SSSR count). The summed E-state index contributed by atoms with van der Waals surface area (Å²) in [6, 6.07) is 4.02. The number of rotatable bonds is 5. The van der Waals surface area contributed by atoms with E-state index in [-0.39, 0.29) is 0 Å². The fraction of sp³-hybridized carbons (Fsp3) is 0.417. The Kier molecular flexibility index (Phi) is 4.17. The zero-order valence-electron chi connectivity index (χ0n) is 10.1. The highest BCUT2D eigenvalue weighted by Gasteiger charge is 2.06. The molecule has 2 aromatic rings. The Morgan fingerprint density at radius 3 is 3.00 bits per heavy atom. The smallest absolute Gasteiger partial charge is 0.147 e. The predicted molar refractivity (Wildman–Crippen MR) is 70.1 cm³/mol. The van der Waals surface area contributed by atoms with Crippen molar-refractivity contribution in [1.82, 2.24) is 20.5 Å². The number of hydrogen-bond acceptors (Lipinski definition) is 5. The molecule has 0 amide bonds. The molecule has 0 aliphatic carbocycles. The van der Waals surface area contributed by atoms with Crippen molar-refractivity contribution in [3.05, 3.63) is 29.0 Å². The van der Waals surface area contributed by atoms with Gasteiger partial charge in [0.1, 0.15) is 10.0 Å². The minimum Gasteiger partial charge on any atom is -0.320 e. The average molecular weight is 248 g/mol. The van der Waals surface area contributed by atoms with Crippen LogP contribution >= 0.6 is 11.3 Å². The molecule has 0 fully saturated rings. The third kappa shape index (κ3) is 3.31. The summed E-state index contributed by atoms with van der Waals surface area (Å²) in [4.78, 5) is 4.18. The van der Waals surface area contributed by atoms with Crippen LogP contribution in [0.15, 0.2) is 18.3 Å². The lowest BCUT2D eigenvalue weighted by Gasteiger charge is -1.96. The third-order valence-corrected chi connectivity index (χ3v) is 3.46. The van der Waals surface area contributed by atoms with Crippen LogP contribution < -0.4 is 5.32 Å². The number of aryl methyl sites for hydroxylation is 2. The van der Waals surface area contributed by atoms with Gasteiger partial charge in [0.25, 0.3) is 0 Å². The minimum absolute atomic E-state index is 0.981. The average Bonchev–Trinajstić information content (AvgIpc) is 2.78. The first-order valence-electron chi connectivity index (χ1n) is 5.69. The topological polar surface area (TPSA) is 50.7 Å². The van der Waals surface area contributed by atoms with E-state index in [0.717, 1.165) is 40.7 Å². The van der Waals surface area contributed by atoms with Crippen LogP contribution in [0.25, 0.3) is 10.6 Å². The second kappa shape index (κ2) is 5.84. The van der Waals surface area contributed by atoms with Gasteiger partial charge < -0.3 is 5.32 Å². The summed E-state index contributed by atoms with van der Waals surface area (Å²) < 4.78 is 0. The highest BCUT2D eigenvalue weighted by molar-refractivity contribution is 7.14. The van der Waals surface area contributed by atoms with E-state index in [1.807, 2.05) is 32.3 Å². The lowest BCUT2D eigenvalue weighted by molar-refractivity contribution is 0.718. The summed E-state index contributed by atoms with van der Waals surface area (Å²) in [6.45, 7) is 3.00. The molecule has 0 spiro atoms. The zero-order chi connectivity index (χ0) is 12.1. The fourth-order valence-corrected chi connectivity index (χ4v) is 2.44. The van der Waals surface area contributed by atoms with Gasteiger partial charge in [0, 0.05) is 23.9 Å². The van der Waals surface area contributed by atoms with Gasteiger partial charge in [0.15, 0.2) is 0 Å². The van der Waals surface area contributed by atoms with E-state index in [2.05, 4.69) is 20.5 Å². The summed E-state index contributed by atoms with van der Waals surface area (Å²) in [6.07, 6.45) is 3.90. The van der Waals surface area contributed by atoms with Gasteiger partial charge in [0.05, 0.1) is 0 Å². The molecule has 90 valence electrons. The minimum atomic E-state index is 0.981. The van der Waals surface area contributed by atoms with Crippen molar-refractivity contribution in [2.24, 2.45) is 0 Å². The maximum atomic E-state index is 4.23. The highest BCUT2D eigenvalue weighted by atomic mass is 32.1. The van der Waals surface area contributed by atoms with E-state index < -0.39 is 0 Å². The Hall–Kier alpha value is -1.33. The van der Waals surface area contributed by atoms with Gasteiger partial charge >= 0.3 is 0 Å². The summed E-state index contributed by atoms with van der Waals surface area (Å²) in [5, 5.41) is 13.7. The molecule has 0 radical (unpaired) electrons. The fourth-order valence-electron chi connectivity index (χ4n) is 1.57. The Balaban J connectivity index is 2.07. The van der Waals surface area contributed by atoms with Crippen LogP contribution in [0.1, 0.15) is 17.1 Å². The van der Waals surface area contributed by atoms with Crippen LogP contribution in [0.2, 0.25) is 0 Å². The molecule has 0 atom stereocenters. The third-order valence-electron chi connectivity index (χ3n) is 2.43. The molecule has 17 heavy (non-hydrogen) atoms. The van der Waals surface area contributed by atoms with E-state index in [1.165, 1.54) is 0 Å². The SMILES string of the molecule is CNCCCc1nnc(-c2ccnc(C)c2)s1. The molecule has 5 heteroatoms. The van der Waals surface area contributed by atoms with E-state index in [4.69, 9.17) is 0 Å². The number of nitrogens with one attached hydrogen (secondary N) is 1. The van der Waals surface area contributed by atoms with Gasteiger partial charge in [-0.2, -0.15) is 0 Å². The Morgan fingerprint density at radius 2 is 2.24 bits per heavy atom. The first kappa shape index (κ1) is 12.1. The van der Waals surface area contributed by atoms with Crippen molar-refractivity contribution in [2.45, 2.75) is 19.8 Å². The lowest BCUT2D eigenvalue weighted by Crippen LogP contribution is -2.08. The maximum absolute atomic E-state index is 4.23. The molecule has 0 saturated heterocycles. The van der Waals surface area contributed by atoms with E-state index in [9.17, 15) is 0 Å².